The maximum absolute atomic E-state index is 14.7. The van der Waals surface area contributed by atoms with Gasteiger partial charge in [-0.3, -0.25) is 0 Å². The van der Waals surface area contributed by atoms with Crippen molar-refractivity contribution < 1.29 is 4.39 Å². The molecule has 2 aromatic carbocycles. The number of fused-ring (bicyclic) bond motifs is 1. The van der Waals surface area contributed by atoms with Crippen molar-refractivity contribution in [2.24, 2.45) is 0 Å². The smallest absolute Gasteiger partial charge is 0.154 e. The molecule has 0 bridgehead atoms. The summed E-state index contributed by atoms with van der Waals surface area (Å²) in [6.07, 6.45) is 5.14. The Balaban J connectivity index is 1.84. The summed E-state index contributed by atoms with van der Waals surface area (Å²) < 4.78 is 17.9. The molecule has 0 aliphatic rings. The fourth-order valence-electron chi connectivity index (χ4n) is 2.87. The van der Waals surface area contributed by atoms with E-state index in [4.69, 9.17) is 0 Å². The van der Waals surface area contributed by atoms with Crippen molar-refractivity contribution in [1.29, 1.82) is 0 Å². The molecule has 130 valence electrons. The van der Waals surface area contributed by atoms with Gasteiger partial charge in [-0.2, -0.15) is 5.10 Å². The molecular weight excluding hydrogens is 463 g/mol. The summed E-state index contributed by atoms with van der Waals surface area (Å²) >= 11 is 6.82. The van der Waals surface area contributed by atoms with Gasteiger partial charge in [0.1, 0.15) is 11.3 Å². The lowest BCUT2D eigenvalue weighted by Crippen LogP contribution is -2.15. The summed E-state index contributed by atoms with van der Waals surface area (Å²) in [7, 11) is 0. The Bertz CT molecular complexity index is 1070. The van der Waals surface area contributed by atoms with Gasteiger partial charge in [-0.1, -0.05) is 52.3 Å². The van der Waals surface area contributed by atoms with E-state index in [1.165, 1.54) is 6.07 Å². The van der Waals surface area contributed by atoms with Crippen LogP contribution in [0.25, 0.3) is 5.52 Å². The lowest BCUT2D eigenvalue weighted by molar-refractivity contribution is 0.603. The highest BCUT2D eigenvalue weighted by Crippen LogP contribution is 2.32. The molecule has 0 aliphatic carbocycles. The molecule has 4 nitrogen and oxygen atoms in total. The van der Waals surface area contributed by atoms with Crippen LogP contribution in [-0.4, -0.2) is 14.6 Å². The van der Waals surface area contributed by atoms with Crippen LogP contribution in [0.15, 0.2) is 76.1 Å². The Morgan fingerprint density at radius 1 is 1.08 bits per heavy atom. The Hall–Kier alpha value is -2.25. The second-order valence-corrected chi connectivity index (χ2v) is 7.49. The highest BCUT2D eigenvalue weighted by molar-refractivity contribution is 9.11. The molecule has 0 saturated heterocycles. The minimum Gasteiger partial charge on any atom is -0.357 e. The molecule has 0 saturated carbocycles. The number of aromatic nitrogens is 3. The first-order valence-electron chi connectivity index (χ1n) is 7.88. The molecule has 4 rings (SSSR count). The van der Waals surface area contributed by atoms with Crippen molar-refractivity contribution in [3.05, 3.63) is 93.0 Å². The third-order valence-electron chi connectivity index (χ3n) is 4.07. The summed E-state index contributed by atoms with van der Waals surface area (Å²) in [5, 5.41) is 7.65. The van der Waals surface area contributed by atoms with Crippen molar-refractivity contribution in [3.63, 3.8) is 0 Å². The van der Waals surface area contributed by atoms with Gasteiger partial charge in [0.05, 0.1) is 16.7 Å². The fourth-order valence-corrected chi connectivity index (χ4v) is 3.67. The average Bonchev–Trinajstić information content (AvgIpc) is 3.03. The van der Waals surface area contributed by atoms with Crippen LogP contribution in [0.1, 0.15) is 17.2 Å². The maximum Gasteiger partial charge on any atom is 0.154 e. The van der Waals surface area contributed by atoms with Gasteiger partial charge in [0.2, 0.25) is 0 Å². The number of anilines is 1. The summed E-state index contributed by atoms with van der Waals surface area (Å²) in [6, 6.07) is 14.4. The molecule has 0 fully saturated rings. The minimum atomic E-state index is -0.398. The molecule has 1 N–H and O–H groups in total. The number of hydrogen-bond donors (Lipinski definition) is 1. The van der Waals surface area contributed by atoms with Gasteiger partial charge in [0.15, 0.2) is 5.82 Å². The summed E-state index contributed by atoms with van der Waals surface area (Å²) in [5.41, 5.74) is 2.28. The van der Waals surface area contributed by atoms with Gasteiger partial charge in [-0.25, -0.2) is 13.9 Å². The second-order valence-electron chi connectivity index (χ2n) is 5.72. The highest BCUT2D eigenvalue weighted by atomic mass is 79.9. The average molecular weight is 476 g/mol. The standard InChI is InChI=1S/C19H13Br2FN4/c20-13-6-7-14(16(22)10-13)17(12-4-2-1-3-5-12)25-19-18-15(21)11-24-26(18)9-8-23-19/h1-11,17H,(H,23,25). The van der Waals surface area contributed by atoms with E-state index in [1.807, 2.05) is 36.4 Å². The predicted molar refractivity (Wildman–Crippen MR) is 107 cm³/mol. The van der Waals surface area contributed by atoms with Crippen molar-refractivity contribution >= 4 is 43.2 Å². The van der Waals surface area contributed by atoms with E-state index in [0.717, 1.165) is 15.6 Å². The Morgan fingerprint density at radius 3 is 2.65 bits per heavy atom. The Kier molecular flexibility index (Phi) is 4.74. The molecule has 7 heteroatoms. The van der Waals surface area contributed by atoms with Crippen LogP contribution >= 0.6 is 31.9 Å². The number of benzene rings is 2. The van der Waals surface area contributed by atoms with E-state index < -0.39 is 6.04 Å². The first-order valence-corrected chi connectivity index (χ1v) is 9.46. The van der Waals surface area contributed by atoms with Crippen LogP contribution in [0.4, 0.5) is 10.2 Å². The lowest BCUT2D eigenvalue weighted by Gasteiger charge is -2.21. The molecule has 2 aromatic heterocycles. The predicted octanol–water partition coefficient (Wildman–Crippen LogP) is 5.59. The molecule has 0 radical (unpaired) electrons. The number of rotatable bonds is 4. The van der Waals surface area contributed by atoms with Crippen molar-refractivity contribution in [1.82, 2.24) is 14.6 Å². The number of nitrogens with one attached hydrogen (secondary N) is 1. The molecule has 0 aliphatic heterocycles. The monoisotopic (exact) mass is 474 g/mol. The van der Waals surface area contributed by atoms with Crippen LogP contribution in [0.5, 0.6) is 0 Å². The third-order valence-corrected chi connectivity index (χ3v) is 5.15. The van der Waals surface area contributed by atoms with Crippen LogP contribution in [0.3, 0.4) is 0 Å². The first-order chi connectivity index (χ1) is 12.6. The largest absolute Gasteiger partial charge is 0.357 e. The Labute approximate surface area is 166 Å². The molecule has 4 aromatic rings. The van der Waals surface area contributed by atoms with E-state index in [-0.39, 0.29) is 5.82 Å². The maximum atomic E-state index is 14.7. The van der Waals surface area contributed by atoms with Gasteiger partial charge in [0, 0.05) is 22.4 Å². The SMILES string of the molecule is Fc1cc(Br)ccc1C(Nc1nccn2ncc(Br)c12)c1ccccc1. The molecule has 1 atom stereocenters. The second kappa shape index (κ2) is 7.17. The first kappa shape index (κ1) is 17.2. The van der Waals surface area contributed by atoms with E-state index in [0.29, 0.717) is 15.9 Å². The van der Waals surface area contributed by atoms with Gasteiger partial charge < -0.3 is 5.32 Å². The van der Waals surface area contributed by atoms with Crippen molar-refractivity contribution in [2.75, 3.05) is 5.32 Å². The quantitative estimate of drug-likeness (QED) is 0.418. The van der Waals surface area contributed by atoms with Crippen LogP contribution in [-0.2, 0) is 0 Å². The topological polar surface area (TPSA) is 42.2 Å². The van der Waals surface area contributed by atoms with Crippen LogP contribution in [0.2, 0.25) is 0 Å². The van der Waals surface area contributed by atoms with Crippen LogP contribution in [0, 0.1) is 5.82 Å². The molecule has 0 spiro atoms. The number of nitrogens with zero attached hydrogens (tertiary/aromatic N) is 3. The highest BCUT2D eigenvalue weighted by Gasteiger charge is 2.20. The van der Waals surface area contributed by atoms with Gasteiger partial charge in [0.25, 0.3) is 0 Å². The zero-order valence-corrected chi connectivity index (χ0v) is 16.6. The molecule has 26 heavy (non-hydrogen) atoms. The van der Waals surface area contributed by atoms with E-state index in [1.54, 1.807) is 29.2 Å². The van der Waals surface area contributed by atoms with Gasteiger partial charge in [-0.05, 0) is 33.6 Å². The van der Waals surface area contributed by atoms with Crippen molar-refractivity contribution in [2.45, 2.75) is 6.04 Å². The zero-order valence-electron chi connectivity index (χ0n) is 13.4. The van der Waals surface area contributed by atoms with E-state index in [2.05, 4.69) is 47.3 Å². The van der Waals surface area contributed by atoms with Gasteiger partial charge in [-0.15, -0.1) is 0 Å². The molecule has 0 amide bonds. The number of hydrogen-bond acceptors (Lipinski definition) is 3. The van der Waals surface area contributed by atoms with E-state index >= 15 is 0 Å². The lowest BCUT2D eigenvalue weighted by atomic mass is 9.98. The van der Waals surface area contributed by atoms with Gasteiger partial charge >= 0.3 is 0 Å². The zero-order chi connectivity index (χ0) is 18.1. The molecule has 2 heterocycles. The third kappa shape index (κ3) is 3.24. The van der Waals surface area contributed by atoms with Crippen LogP contribution < -0.4 is 5.32 Å². The Morgan fingerprint density at radius 2 is 1.88 bits per heavy atom. The summed E-state index contributed by atoms with van der Waals surface area (Å²) in [6.45, 7) is 0. The van der Waals surface area contributed by atoms with E-state index in [9.17, 15) is 4.39 Å². The molecule has 1 unspecified atom stereocenters. The summed E-state index contributed by atoms with van der Waals surface area (Å²) in [5.74, 6) is 0.327. The minimum absolute atomic E-state index is 0.291. The van der Waals surface area contributed by atoms with Crippen molar-refractivity contribution in [3.8, 4) is 0 Å². The molecular formula is C19H13Br2FN4. The number of halogens is 3. The fraction of sp³-hybridized carbons (Fsp3) is 0.0526. The normalized spacial score (nSPS) is 12.3. The summed E-state index contributed by atoms with van der Waals surface area (Å²) in [4.78, 5) is 4.44.